The van der Waals surface area contributed by atoms with Crippen LogP contribution in [-0.2, 0) is 9.53 Å². The number of benzene rings is 2. The number of piperidine rings is 1. The molecular weight excluding hydrogens is 583 g/mol. The Morgan fingerprint density at radius 3 is 2.58 bits per heavy atom. The second kappa shape index (κ2) is 13.7. The van der Waals surface area contributed by atoms with Gasteiger partial charge in [0.1, 0.15) is 24.3 Å². The number of anilines is 3. The van der Waals surface area contributed by atoms with Crippen LogP contribution in [0.15, 0.2) is 48.8 Å². The maximum absolute atomic E-state index is 14.9. The summed E-state index contributed by atoms with van der Waals surface area (Å²) in [7, 11) is 0. The van der Waals surface area contributed by atoms with Gasteiger partial charge in [-0.1, -0.05) is 0 Å². The molecule has 0 radical (unpaired) electrons. The van der Waals surface area contributed by atoms with Crippen molar-refractivity contribution in [3.05, 3.63) is 54.4 Å². The molecule has 3 fully saturated rings. The lowest BCUT2D eigenvalue weighted by atomic mass is 10.0. The van der Waals surface area contributed by atoms with Gasteiger partial charge in [0.2, 0.25) is 5.95 Å². The van der Waals surface area contributed by atoms with Gasteiger partial charge in [-0.25, -0.2) is 14.4 Å². The van der Waals surface area contributed by atoms with Crippen molar-refractivity contribution in [3.8, 4) is 23.2 Å². The summed E-state index contributed by atoms with van der Waals surface area (Å²) in [5, 5.41) is 31.6. The Morgan fingerprint density at radius 1 is 1.13 bits per heavy atom. The Hall–Kier alpha value is -4.42. The highest BCUT2D eigenvalue weighted by molar-refractivity contribution is 5.81. The zero-order valence-electron chi connectivity index (χ0n) is 24.6. The van der Waals surface area contributed by atoms with E-state index in [1.807, 2.05) is 12.1 Å². The topological polar surface area (TPSA) is 160 Å². The molecule has 1 aromatic heterocycles. The van der Waals surface area contributed by atoms with E-state index in [0.29, 0.717) is 23.4 Å². The van der Waals surface area contributed by atoms with Crippen LogP contribution in [0.5, 0.6) is 5.75 Å². The molecule has 0 aliphatic carbocycles. The third-order valence-electron chi connectivity index (χ3n) is 8.40. The molecule has 14 heteroatoms. The fourth-order valence-electron chi connectivity index (χ4n) is 5.69. The summed E-state index contributed by atoms with van der Waals surface area (Å²) in [6, 6.07) is 15.6. The van der Waals surface area contributed by atoms with Crippen LogP contribution < -0.4 is 15.0 Å². The highest BCUT2D eigenvalue weighted by atomic mass is 19.1. The van der Waals surface area contributed by atoms with E-state index in [9.17, 15) is 19.6 Å². The summed E-state index contributed by atoms with van der Waals surface area (Å²) in [4.78, 5) is 31.2. The van der Waals surface area contributed by atoms with Gasteiger partial charge in [-0.2, -0.15) is 10.2 Å². The SMILES string of the molecule is N#Cc1cc(-c2ncnc(Nc3ccc(N4CCN(C5COC5)CC4)cc3)n2)ccc1O[C@H]1CCN(C(=O)[C@@H](O)CO)C[C@@H]1F. The average molecular weight is 619 g/mol. The number of halogens is 1. The average Bonchev–Trinajstić information content (AvgIpc) is 3.05. The van der Waals surface area contributed by atoms with E-state index in [-0.39, 0.29) is 30.8 Å². The zero-order chi connectivity index (χ0) is 31.3. The Kier molecular flexibility index (Phi) is 9.31. The minimum absolute atomic E-state index is 0.151. The van der Waals surface area contributed by atoms with Gasteiger partial charge in [0, 0.05) is 56.1 Å². The molecule has 0 saturated carbocycles. The molecule has 0 unspecified atom stereocenters. The first-order valence-electron chi connectivity index (χ1n) is 15.0. The molecule has 3 atom stereocenters. The van der Waals surface area contributed by atoms with Crippen LogP contribution >= 0.6 is 0 Å². The van der Waals surface area contributed by atoms with E-state index in [2.05, 4.69) is 48.3 Å². The molecule has 236 valence electrons. The lowest BCUT2D eigenvalue weighted by Crippen LogP contribution is -2.56. The largest absolute Gasteiger partial charge is 0.486 e. The van der Waals surface area contributed by atoms with Crippen LogP contribution in [0.2, 0.25) is 0 Å². The first kappa shape index (κ1) is 30.6. The number of nitrogens with zero attached hydrogens (tertiary/aromatic N) is 7. The monoisotopic (exact) mass is 618 g/mol. The number of rotatable bonds is 9. The lowest BCUT2D eigenvalue weighted by molar-refractivity contribution is -0.146. The molecule has 3 aliphatic heterocycles. The minimum atomic E-state index is -1.58. The van der Waals surface area contributed by atoms with E-state index in [1.165, 1.54) is 6.33 Å². The standard InChI is InChI=1S/C31H35FN8O5/c32-25-15-40(30(43)26(42)16-41)8-7-28(25)45-27-6-1-20(13-21(27)14-33)29-34-19-35-31(37-29)36-22-2-4-23(5-3-22)38-9-11-39(12-10-38)24-17-44-18-24/h1-6,13,19,24-26,28,41-42H,7-12,15-18H2,(H,34,35,36,37)/t25-,26-,28-/m0/s1. The summed E-state index contributed by atoms with van der Waals surface area (Å²) < 4.78 is 26.1. The third-order valence-corrected chi connectivity index (χ3v) is 8.40. The van der Waals surface area contributed by atoms with Crippen LogP contribution in [0.1, 0.15) is 12.0 Å². The van der Waals surface area contributed by atoms with Gasteiger partial charge in [0.15, 0.2) is 18.1 Å². The summed E-state index contributed by atoms with van der Waals surface area (Å²) in [6.07, 6.45) is -2.45. The predicted octanol–water partition coefficient (Wildman–Crippen LogP) is 1.35. The predicted molar refractivity (Wildman–Crippen MR) is 162 cm³/mol. The number of likely N-dealkylation sites (tertiary alicyclic amines) is 1. The van der Waals surface area contributed by atoms with Crippen LogP contribution in [0.3, 0.4) is 0 Å². The first-order chi connectivity index (χ1) is 21.9. The number of nitriles is 1. The maximum Gasteiger partial charge on any atom is 0.253 e. The highest BCUT2D eigenvalue weighted by Crippen LogP contribution is 2.29. The van der Waals surface area contributed by atoms with Gasteiger partial charge in [0.05, 0.1) is 38.0 Å². The molecule has 3 aromatic rings. The van der Waals surface area contributed by atoms with Gasteiger partial charge < -0.3 is 34.8 Å². The van der Waals surface area contributed by atoms with E-state index in [1.54, 1.807) is 18.2 Å². The van der Waals surface area contributed by atoms with Gasteiger partial charge >= 0.3 is 0 Å². The number of amides is 1. The zero-order valence-corrected chi connectivity index (χ0v) is 24.6. The van der Waals surface area contributed by atoms with E-state index in [4.69, 9.17) is 14.6 Å². The van der Waals surface area contributed by atoms with Gasteiger partial charge in [-0.3, -0.25) is 9.69 Å². The summed E-state index contributed by atoms with van der Waals surface area (Å²) in [5.41, 5.74) is 2.72. The number of carbonyl (C=O) groups is 1. The molecule has 2 aromatic carbocycles. The summed E-state index contributed by atoms with van der Waals surface area (Å²) >= 11 is 0. The molecule has 45 heavy (non-hydrogen) atoms. The van der Waals surface area contributed by atoms with Crippen LogP contribution in [0.4, 0.5) is 21.7 Å². The van der Waals surface area contributed by atoms with Crippen LogP contribution in [0, 0.1) is 11.3 Å². The van der Waals surface area contributed by atoms with Crippen molar-refractivity contribution in [1.29, 1.82) is 5.26 Å². The number of alkyl halides is 1. The second-order valence-corrected chi connectivity index (χ2v) is 11.3. The van der Waals surface area contributed by atoms with E-state index < -0.39 is 30.9 Å². The fraction of sp³-hybridized carbons (Fsp3) is 0.452. The van der Waals surface area contributed by atoms with Crippen LogP contribution in [0.25, 0.3) is 11.4 Å². The molecule has 6 rings (SSSR count). The quantitative estimate of drug-likeness (QED) is 0.316. The number of ether oxygens (including phenoxy) is 2. The van der Waals surface area contributed by atoms with Crippen LogP contribution in [-0.4, -0.2) is 124 Å². The third kappa shape index (κ3) is 6.97. The van der Waals surface area contributed by atoms with Crippen molar-refractivity contribution in [1.82, 2.24) is 24.8 Å². The van der Waals surface area contributed by atoms with Crippen molar-refractivity contribution in [3.63, 3.8) is 0 Å². The lowest BCUT2D eigenvalue weighted by Gasteiger charge is -2.43. The van der Waals surface area contributed by atoms with E-state index in [0.717, 1.165) is 55.7 Å². The number of aliphatic hydroxyl groups excluding tert-OH is 2. The highest BCUT2D eigenvalue weighted by Gasteiger charge is 2.35. The number of aliphatic hydroxyl groups is 2. The van der Waals surface area contributed by atoms with Crippen molar-refractivity contribution >= 4 is 23.2 Å². The molecule has 0 bridgehead atoms. The molecule has 1 amide bonds. The molecule has 3 aliphatic rings. The van der Waals surface area contributed by atoms with Gasteiger partial charge in [-0.05, 0) is 42.5 Å². The van der Waals surface area contributed by atoms with Crippen molar-refractivity contribution < 1.29 is 28.9 Å². The Bertz CT molecular complexity index is 1530. The number of aromatic nitrogens is 3. The Labute approximate surface area is 259 Å². The smallest absolute Gasteiger partial charge is 0.253 e. The normalized spacial score (nSPS) is 21.5. The number of piperazine rings is 1. The van der Waals surface area contributed by atoms with Crippen molar-refractivity contribution in [2.24, 2.45) is 0 Å². The molecule has 0 spiro atoms. The number of nitrogens with one attached hydrogen (secondary N) is 1. The summed E-state index contributed by atoms with van der Waals surface area (Å²) in [5.74, 6) is 0.166. The first-order valence-corrected chi connectivity index (χ1v) is 15.0. The molecule has 3 N–H and O–H groups in total. The van der Waals surface area contributed by atoms with Gasteiger partial charge in [0.25, 0.3) is 5.91 Å². The Morgan fingerprint density at radius 2 is 1.91 bits per heavy atom. The van der Waals surface area contributed by atoms with Crippen molar-refractivity contribution in [2.45, 2.75) is 30.8 Å². The molecular formula is C31H35FN8O5. The molecule has 13 nitrogen and oxygen atoms in total. The minimum Gasteiger partial charge on any atom is -0.486 e. The van der Waals surface area contributed by atoms with E-state index >= 15 is 0 Å². The number of hydrogen-bond donors (Lipinski definition) is 3. The molecule has 4 heterocycles. The summed E-state index contributed by atoms with van der Waals surface area (Å²) in [6.45, 7) is 4.81. The van der Waals surface area contributed by atoms with Gasteiger partial charge in [-0.15, -0.1) is 0 Å². The second-order valence-electron chi connectivity index (χ2n) is 11.3. The maximum atomic E-state index is 14.9. The fourth-order valence-corrected chi connectivity index (χ4v) is 5.69. The number of hydrogen-bond acceptors (Lipinski definition) is 12. The Balaban J connectivity index is 1.07. The van der Waals surface area contributed by atoms with Crippen molar-refractivity contribution in [2.75, 3.05) is 69.3 Å². The molecule has 3 saturated heterocycles. The number of carbonyl (C=O) groups excluding carboxylic acids is 1.